The Morgan fingerprint density at radius 2 is 1.86 bits per heavy atom. The van der Waals surface area contributed by atoms with Gasteiger partial charge in [-0.1, -0.05) is 6.07 Å². The lowest BCUT2D eigenvalue weighted by Gasteiger charge is -2.36. The number of nitrogens with zero attached hydrogens (tertiary/aromatic N) is 5. The van der Waals surface area contributed by atoms with E-state index in [1.165, 1.54) is 6.07 Å². The Labute approximate surface area is 164 Å². The van der Waals surface area contributed by atoms with Crippen LogP contribution in [-0.4, -0.2) is 45.4 Å². The minimum absolute atomic E-state index is 0.0181. The van der Waals surface area contributed by atoms with Crippen LogP contribution in [0.5, 0.6) is 0 Å². The molecule has 0 N–H and O–H groups in total. The molecule has 3 aromatic rings. The molecule has 0 unspecified atom stereocenters. The third-order valence-corrected chi connectivity index (χ3v) is 5.01. The minimum Gasteiger partial charge on any atom is -0.368 e. The molecular formula is C19H18F3N5O2. The summed E-state index contributed by atoms with van der Waals surface area (Å²) in [6, 6.07) is 8.66. The third-order valence-electron chi connectivity index (χ3n) is 5.01. The van der Waals surface area contributed by atoms with Crippen molar-refractivity contribution in [2.24, 2.45) is 0 Å². The molecular weight excluding hydrogens is 387 g/mol. The molecule has 1 aliphatic heterocycles. The van der Waals surface area contributed by atoms with E-state index in [4.69, 9.17) is 0 Å². The summed E-state index contributed by atoms with van der Waals surface area (Å²) in [6.45, 7) is 2.55. The number of nitro groups is 1. The zero-order valence-electron chi connectivity index (χ0n) is 15.3. The highest BCUT2D eigenvalue weighted by Crippen LogP contribution is 2.39. The average Bonchev–Trinajstić information content (AvgIpc) is 3.09. The zero-order valence-corrected chi connectivity index (χ0v) is 15.3. The molecule has 0 saturated carbocycles. The van der Waals surface area contributed by atoms with E-state index in [1.807, 2.05) is 35.0 Å². The Balaban J connectivity index is 1.47. The Kier molecular flexibility index (Phi) is 4.87. The van der Waals surface area contributed by atoms with E-state index in [2.05, 4.69) is 9.88 Å². The molecule has 4 rings (SSSR count). The summed E-state index contributed by atoms with van der Waals surface area (Å²) >= 11 is 0. The summed E-state index contributed by atoms with van der Waals surface area (Å²) in [7, 11) is 0. The first-order chi connectivity index (χ1) is 13.8. The number of piperazine rings is 1. The first-order valence-corrected chi connectivity index (χ1v) is 9.07. The van der Waals surface area contributed by atoms with E-state index in [0.717, 1.165) is 17.4 Å². The summed E-state index contributed by atoms with van der Waals surface area (Å²) in [4.78, 5) is 18.4. The van der Waals surface area contributed by atoms with E-state index >= 15 is 0 Å². The average molecular weight is 405 g/mol. The number of alkyl halides is 3. The van der Waals surface area contributed by atoms with E-state index < -0.39 is 22.4 Å². The van der Waals surface area contributed by atoms with Crippen LogP contribution in [0.25, 0.3) is 5.65 Å². The molecule has 1 fully saturated rings. The second-order valence-electron chi connectivity index (χ2n) is 6.92. The molecule has 3 heterocycles. The van der Waals surface area contributed by atoms with Crippen LogP contribution in [0.3, 0.4) is 0 Å². The molecule has 0 amide bonds. The Hall–Kier alpha value is -3.14. The van der Waals surface area contributed by atoms with Crippen molar-refractivity contribution in [2.75, 3.05) is 31.1 Å². The van der Waals surface area contributed by atoms with Gasteiger partial charge in [-0.2, -0.15) is 13.2 Å². The van der Waals surface area contributed by atoms with Crippen molar-refractivity contribution in [1.29, 1.82) is 0 Å². The Morgan fingerprint density at radius 1 is 1.10 bits per heavy atom. The lowest BCUT2D eigenvalue weighted by Crippen LogP contribution is -2.46. The predicted molar refractivity (Wildman–Crippen MR) is 101 cm³/mol. The van der Waals surface area contributed by atoms with Crippen molar-refractivity contribution in [1.82, 2.24) is 14.3 Å². The van der Waals surface area contributed by atoms with Crippen molar-refractivity contribution >= 4 is 17.0 Å². The molecule has 10 heteroatoms. The first-order valence-electron chi connectivity index (χ1n) is 9.07. The first kappa shape index (κ1) is 19.2. The largest absolute Gasteiger partial charge is 0.418 e. The number of hydrogen-bond acceptors (Lipinski definition) is 5. The van der Waals surface area contributed by atoms with Gasteiger partial charge < -0.3 is 9.30 Å². The van der Waals surface area contributed by atoms with Gasteiger partial charge in [-0.05, 0) is 18.2 Å². The molecule has 0 aliphatic carbocycles. The Bertz CT molecular complexity index is 1010. The fourth-order valence-electron chi connectivity index (χ4n) is 3.58. The second kappa shape index (κ2) is 7.36. The number of imidazole rings is 1. The molecule has 0 atom stereocenters. The highest BCUT2D eigenvalue weighted by molar-refractivity contribution is 5.59. The minimum atomic E-state index is -4.66. The fourth-order valence-corrected chi connectivity index (χ4v) is 3.58. The van der Waals surface area contributed by atoms with Crippen molar-refractivity contribution in [3.05, 3.63) is 70.2 Å². The summed E-state index contributed by atoms with van der Waals surface area (Å²) in [5.74, 6) is 0. The van der Waals surface area contributed by atoms with Gasteiger partial charge in [-0.15, -0.1) is 0 Å². The van der Waals surface area contributed by atoms with Gasteiger partial charge in [0.05, 0.1) is 16.2 Å². The second-order valence-corrected chi connectivity index (χ2v) is 6.92. The van der Waals surface area contributed by atoms with Crippen LogP contribution in [0.1, 0.15) is 11.3 Å². The number of anilines is 1. The maximum atomic E-state index is 13.4. The number of benzene rings is 1. The number of fused-ring (bicyclic) bond motifs is 1. The van der Waals surface area contributed by atoms with Gasteiger partial charge in [-0.25, -0.2) is 4.98 Å². The number of halogens is 3. The Morgan fingerprint density at radius 3 is 2.52 bits per heavy atom. The topological polar surface area (TPSA) is 66.9 Å². The number of aromatic nitrogens is 2. The highest BCUT2D eigenvalue weighted by Gasteiger charge is 2.37. The van der Waals surface area contributed by atoms with Crippen LogP contribution in [0.2, 0.25) is 0 Å². The standard InChI is InChI=1S/C19H18F3N5O2/c20-19(21,22)16-11-15(27(28)29)4-5-17(16)25-9-7-24(8-10-25)12-14-13-26-6-2-1-3-18(26)23-14/h1-6,11,13H,7-10,12H2. The van der Waals surface area contributed by atoms with Crippen molar-refractivity contribution < 1.29 is 18.1 Å². The number of pyridine rings is 1. The highest BCUT2D eigenvalue weighted by atomic mass is 19.4. The van der Waals surface area contributed by atoms with Crippen LogP contribution >= 0.6 is 0 Å². The maximum Gasteiger partial charge on any atom is 0.418 e. The van der Waals surface area contributed by atoms with Crippen molar-refractivity contribution in [2.45, 2.75) is 12.7 Å². The van der Waals surface area contributed by atoms with Crippen LogP contribution in [0.4, 0.5) is 24.5 Å². The number of nitro benzene ring substituents is 1. The predicted octanol–water partition coefficient (Wildman–Crippen LogP) is 3.58. The van der Waals surface area contributed by atoms with Gasteiger partial charge in [-0.3, -0.25) is 15.0 Å². The van der Waals surface area contributed by atoms with Gasteiger partial charge >= 0.3 is 6.18 Å². The van der Waals surface area contributed by atoms with Gasteiger partial charge in [0, 0.05) is 62.9 Å². The van der Waals surface area contributed by atoms with E-state index in [9.17, 15) is 23.3 Å². The molecule has 29 heavy (non-hydrogen) atoms. The van der Waals surface area contributed by atoms with Crippen molar-refractivity contribution in [3.8, 4) is 0 Å². The molecule has 2 aromatic heterocycles. The van der Waals surface area contributed by atoms with Crippen LogP contribution < -0.4 is 4.90 Å². The molecule has 152 valence electrons. The van der Waals surface area contributed by atoms with Crippen LogP contribution in [0, 0.1) is 10.1 Å². The molecule has 1 aliphatic rings. The van der Waals surface area contributed by atoms with E-state index in [0.29, 0.717) is 38.8 Å². The summed E-state index contributed by atoms with van der Waals surface area (Å²) < 4.78 is 42.3. The molecule has 1 saturated heterocycles. The lowest BCUT2D eigenvalue weighted by atomic mass is 10.1. The van der Waals surface area contributed by atoms with Crippen LogP contribution in [0.15, 0.2) is 48.8 Å². The quantitative estimate of drug-likeness (QED) is 0.490. The molecule has 7 nitrogen and oxygen atoms in total. The van der Waals surface area contributed by atoms with E-state index in [1.54, 1.807) is 4.90 Å². The number of non-ortho nitro benzene ring substituents is 1. The third kappa shape index (κ3) is 4.02. The number of hydrogen-bond donors (Lipinski definition) is 0. The van der Waals surface area contributed by atoms with Gasteiger partial charge in [0.15, 0.2) is 0 Å². The maximum absolute atomic E-state index is 13.4. The summed E-state index contributed by atoms with van der Waals surface area (Å²) in [6.07, 6.45) is -0.800. The fraction of sp³-hybridized carbons (Fsp3) is 0.316. The van der Waals surface area contributed by atoms with Crippen molar-refractivity contribution in [3.63, 3.8) is 0 Å². The molecule has 0 spiro atoms. The normalized spacial score (nSPS) is 15.8. The number of rotatable bonds is 4. The van der Waals surface area contributed by atoms with Gasteiger partial charge in [0.1, 0.15) is 5.65 Å². The van der Waals surface area contributed by atoms with Gasteiger partial charge in [0.2, 0.25) is 0 Å². The smallest absolute Gasteiger partial charge is 0.368 e. The SMILES string of the molecule is O=[N+]([O-])c1ccc(N2CCN(Cc3cn4ccccc4n3)CC2)c(C(F)(F)F)c1. The van der Waals surface area contributed by atoms with Gasteiger partial charge in [0.25, 0.3) is 5.69 Å². The molecule has 0 bridgehead atoms. The summed E-state index contributed by atoms with van der Waals surface area (Å²) in [5, 5.41) is 10.9. The summed E-state index contributed by atoms with van der Waals surface area (Å²) in [5.41, 5.74) is 0.195. The van der Waals surface area contributed by atoms with Crippen LogP contribution in [-0.2, 0) is 12.7 Å². The zero-order chi connectivity index (χ0) is 20.6. The lowest BCUT2D eigenvalue weighted by molar-refractivity contribution is -0.385. The van der Waals surface area contributed by atoms with E-state index in [-0.39, 0.29) is 5.69 Å². The monoisotopic (exact) mass is 405 g/mol. The molecule has 0 radical (unpaired) electrons. The molecule has 1 aromatic carbocycles.